The summed E-state index contributed by atoms with van der Waals surface area (Å²) in [5, 5.41) is 22.2. The minimum atomic E-state index is -0.0430. The summed E-state index contributed by atoms with van der Waals surface area (Å²) in [6.07, 6.45) is 6.51. The summed E-state index contributed by atoms with van der Waals surface area (Å²) in [4.78, 5) is 19.3. The first kappa shape index (κ1) is 25.5. The molecule has 39 heavy (non-hydrogen) atoms. The van der Waals surface area contributed by atoms with Gasteiger partial charge in [-0.2, -0.15) is 15.4 Å². The highest BCUT2D eigenvalue weighted by molar-refractivity contribution is 5.84. The van der Waals surface area contributed by atoms with Gasteiger partial charge in [0.15, 0.2) is 0 Å². The van der Waals surface area contributed by atoms with Crippen LogP contribution in [0.15, 0.2) is 35.8 Å². The third kappa shape index (κ3) is 4.28. The van der Waals surface area contributed by atoms with Crippen LogP contribution in [0.4, 0.5) is 16.2 Å². The Balaban J connectivity index is 1.43. The zero-order chi connectivity index (χ0) is 27.3. The second-order valence-corrected chi connectivity index (χ2v) is 10.9. The molecule has 0 radical (unpaired) electrons. The quantitative estimate of drug-likeness (QED) is 0.644. The highest BCUT2D eigenvalue weighted by Crippen LogP contribution is 2.45. The SMILES string of the molecule is CNC(=O)N1CCC2=C(C1)C(N1CCN(C)c3cc(-c4cnn(C)c4)c(C#N)cc31)N(C)N2C1CCOCC1. The number of carbonyl (C=O) groups excluding carboxylic acids is 1. The van der Waals surface area contributed by atoms with Gasteiger partial charge in [-0.25, -0.2) is 4.79 Å². The molecule has 2 amide bonds. The average molecular weight is 532 g/mol. The van der Waals surface area contributed by atoms with E-state index in [1.54, 1.807) is 11.7 Å². The molecule has 1 aromatic heterocycles. The molecule has 6 rings (SSSR count). The number of aromatic nitrogens is 2. The summed E-state index contributed by atoms with van der Waals surface area (Å²) >= 11 is 0. The molecule has 1 aromatic carbocycles. The first-order chi connectivity index (χ1) is 18.9. The fourth-order valence-electron chi connectivity index (χ4n) is 6.69. The topological polar surface area (TPSA) is 96.1 Å². The van der Waals surface area contributed by atoms with Gasteiger partial charge in [0.25, 0.3) is 0 Å². The Labute approximate surface area is 229 Å². The van der Waals surface area contributed by atoms with Crippen molar-refractivity contribution >= 4 is 17.4 Å². The fourth-order valence-corrected chi connectivity index (χ4v) is 6.69. The fraction of sp³-hybridized carbons (Fsp3) is 0.536. The van der Waals surface area contributed by atoms with Crippen molar-refractivity contribution in [1.82, 2.24) is 30.0 Å². The lowest BCUT2D eigenvalue weighted by atomic mass is 9.97. The maximum Gasteiger partial charge on any atom is 0.317 e. The van der Waals surface area contributed by atoms with E-state index in [2.05, 4.69) is 56.5 Å². The van der Waals surface area contributed by atoms with Crippen LogP contribution in [0.1, 0.15) is 24.8 Å². The van der Waals surface area contributed by atoms with E-state index in [9.17, 15) is 10.1 Å². The van der Waals surface area contributed by atoms with E-state index in [1.165, 1.54) is 11.3 Å². The van der Waals surface area contributed by atoms with Crippen molar-refractivity contribution in [1.29, 1.82) is 5.26 Å². The summed E-state index contributed by atoms with van der Waals surface area (Å²) in [5.74, 6) is 0. The summed E-state index contributed by atoms with van der Waals surface area (Å²) in [7, 11) is 7.87. The predicted molar refractivity (Wildman–Crippen MR) is 149 cm³/mol. The normalized spacial score (nSPS) is 22.2. The first-order valence-electron chi connectivity index (χ1n) is 13.7. The number of rotatable bonds is 3. The molecule has 0 spiro atoms. The number of fused-ring (bicyclic) bond motifs is 1. The van der Waals surface area contributed by atoms with Gasteiger partial charge in [-0.1, -0.05) is 0 Å². The highest BCUT2D eigenvalue weighted by atomic mass is 16.5. The Morgan fingerprint density at radius 1 is 1.13 bits per heavy atom. The van der Waals surface area contributed by atoms with Crippen molar-refractivity contribution in [3.8, 4) is 17.2 Å². The standard InChI is InChI=1S/C28H37N9O2/c1-30-28(38)35-8-5-24-23(18-35)27(34(4)37(24)21-6-11-39-12-7-21)36-10-9-32(2)25-14-22(19(15-29)13-26(25)36)20-16-31-33(3)17-20/h13-14,16-17,21,27H,5-12,18H2,1-4H3,(H,30,38). The molecule has 11 heteroatoms. The van der Waals surface area contributed by atoms with Gasteiger partial charge in [-0.3, -0.25) is 4.68 Å². The molecule has 1 fully saturated rings. The van der Waals surface area contributed by atoms with Crippen molar-refractivity contribution in [2.75, 3.05) is 70.3 Å². The van der Waals surface area contributed by atoms with Crippen LogP contribution in [-0.2, 0) is 11.8 Å². The van der Waals surface area contributed by atoms with Gasteiger partial charge in [-0.05, 0) is 25.0 Å². The molecule has 1 atom stereocenters. The van der Waals surface area contributed by atoms with Crippen LogP contribution < -0.4 is 15.1 Å². The van der Waals surface area contributed by atoms with Crippen LogP contribution in [0.2, 0.25) is 0 Å². The summed E-state index contributed by atoms with van der Waals surface area (Å²) in [6.45, 7) is 4.50. The molecule has 4 aliphatic rings. The van der Waals surface area contributed by atoms with Crippen molar-refractivity contribution in [2.24, 2.45) is 7.05 Å². The van der Waals surface area contributed by atoms with Gasteiger partial charge in [0.05, 0.1) is 29.2 Å². The average Bonchev–Trinajstić information content (AvgIpc) is 3.52. The monoisotopic (exact) mass is 531 g/mol. The number of amides is 2. The van der Waals surface area contributed by atoms with E-state index in [1.807, 2.05) is 30.4 Å². The minimum Gasteiger partial charge on any atom is -0.381 e. The molecule has 206 valence electrons. The number of nitriles is 1. The number of urea groups is 1. The largest absolute Gasteiger partial charge is 0.381 e. The second kappa shape index (κ2) is 10.1. The third-order valence-corrected chi connectivity index (χ3v) is 8.61. The smallest absolute Gasteiger partial charge is 0.317 e. The lowest BCUT2D eigenvalue weighted by Crippen LogP contribution is -2.56. The Bertz CT molecular complexity index is 1340. The molecular weight excluding hydrogens is 494 g/mol. The highest BCUT2D eigenvalue weighted by Gasteiger charge is 2.46. The lowest BCUT2D eigenvalue weighted by Gasteiger charge is -2.46. The number of hydrogen-bond acceptors (Lipinski definition) is 8. The maximum absolute atomic E-state index is 12.7. The number of aryl methyl sites for hydroxylation is 1. The van der Waals surface area contributed by atoms with Gasteiger partial charge < -0.3 is 29.8 Å². The summed E-state index contributed by atoms with van der Waals surface area (Å²) < 4.78 is 7.46. The van der Waals surface area contributed by atoms with Gasteiger partial charge in [-0.15, -0.1) is 0 Å². The number of ether oxygens (including phenoxy) is 1. The number of benzene rings is 1. The summed E-state index contributed by atoms with van der Waals surface area (Å²) in [6, 6.07) is 6.95. The van der Waals surface area contributed by atoms with Gasteiger partial charge in [0.1, 0.15) is 6.17 Å². The van der Waals surface area contributed by atoms with Crippen molar-refractivity contribution in [2.45, 2.75) is 31.5 Å². The number of hydrazine groups is 1. The van der Waals surface area contributed by atoms with Gasteiger partial charge in [0, 0.05) is 109 Å². The van der Waals surface area contributed by atoms with E-state index in [0.717, 1.165) is 68.1 Å². The Hall–Kier alpha value is -3.75. The van der Waals surface area contributed by atoms with Crippen molar-refractivity contribution in [3.05, 3.63) is 41.4 Å². The molecule has 5 heterocycles. The van der Waals surface area contributed by atoms with Crippen molar-refractivity contribution < 1.29 is 9.53 Å². The van der Waals surface area contributed by atoms with E-state index in [0.29, 0.717) is 24.7 Å². The molecule has 2 aromatic rings. The number of hydrogen-bond donors (Lipinski definition) is 1. The van der Waals surface area contributed by atoms with Gasteiger partial charge in [0.2, 0.25) is 0 Å². The molecule has 1 unspecified atom stereocenters. The number of nitrogens with zero attached hydrogens (tertiary/aromatic N) is 8. The van der Waals surface area contributed by atoms with Crippen LogP contribution in [0, 0.1) is 11.3 Å². The lowest BCUT2D eigenvalue weighted by molar-refractivity contribution is -0.0509. The van der Waals surface area contributed by atoms with E-state index < -0.39 is 0 Å². The third-order valence-electron chi connectivity index (χ3n) is 8.61. The number of likely N-dealkylation sites (N-methyl/N-ethyl adjacent to an activating group) is 2. The molecular formula is C28H37N9O2. The van der Waals surface area contributed by atoms with Crippen LogP contribution in [0.25, 0.3) is 11.1 Å². The summed E-state index contributed by atoms with van der Waals surface area (Å²) in [5.41, 5.74) is 7.20. The molecule has 11 nitrogen and oxygen atoms in total. The Kier molecular flexibility index (Phi) is 6.61. The molecule has 1 N–H and O–H groups in total. The molecule has 0 bridgehead atoms. The molecule has 4 aliphatic heterocycles. The predicted octanol–water partition coefficient (Wildman–Crippen LogP) is 2.18. The molecule has 1 saturated heterocycles. The number of anilines is 2. The maximum atomic E-state index is 12.7. The van der Waals surface area contributed by atoms with Crippen LogP contribution in [0.5, 0.6) is 0 Å². The van der Waals surface area contributed by atoms with Crippen LogP contribution >= 0.6 is 0 Å². The molecule has 0 saturated carbocycles. The molecule has 0 aliphatic carbocycles. The van der Waals surface area contributed by atoms with E-state index in [-0.39, 0.29) is 12.2 Å². The van der Waals surface area contributed by atoms with Crippen molar-refractivity contribution in [3.63, 3.8) is 0 Å². The Morgan fingerprint density at radius 3 is 2.62 bits per heavy atom. The van der Waals surface area contributed by atoms with E-state index >= 15 is 0 Å². The minimum absolute atomic E-state index is 0.0425. The second-order valence-electron chi connectivity index (χ2n) is 10.9. The first-order valence-corrected chi connectivity index (χ1v) is 13.7. The number of nitrogens with one attached hydrogen (secondary N) is 1. The number of carbonyl (C=O) groups is 1. The Morgan fingerprint density at radius 2 is 1.92 bits per heavy atom. The van der Waals surface area contributed by atoms with Crippen LogP contribution in [0.3, 0.4) is 0 Å². The zero-order valence-corrected chi connectivity index (χ0v) is 23.2. The van der Waals surface area contributed by atoms with Gasteiger partial charge >= 0.3 is 6.03 Å². The van der Waals surface area contributed by atoms with Crippen LogP contribution in [-0.4, -0.2) is 103 Å². The zero-order valence-electron chi connectivity index (χ0n) is 23.2. The van der Waals surface area contributed by atoms with E-state index in [4.69, 9.17) is 4.74 Å².